The summed E-state index contributed by atoms with van der Waals surface area (Å²) in [7, 11) is 0. The zero-order valence-corrected chi connectivity index (χ0v) is 12.0. The van der Waals surface area contributed by atoms with E-state index in [-0.39, 0.29) is 5.91 Å². The molecular weight excluding hydrogens is 244 g/mol. The van der Waals surface area contributed by atoms with Gasteiger partial charge >= 0.3 is 0 Å². The molecular formula is C14H24N2OS. The van der Waals surface area contributed by atoms with E-state index in [0.29, 0.717) is 16.9 Å². The first kappa shape index (κ1) is 13.8. The van der Waals surface area contributed by atoms with Crippen LogP contribution >= 0.6 is 12.2 Å². The van der Waals surface area contributed by atoms with Gasteiger partial charge in [-0.25, -0.2) is 0 Å². The molecule has 0 aromatic heterocycles. The quantitative estimate of drug-likeness (QED) is 0.773. The van der Waals surface area contributed by atoms with Crippen molar-refractivity contribution in [1.82, 2.24) is 5.32 Å². The van der Waals surface area contributed by atoms with Gasteiger partial charge < -0.3 is 11.1 Å². The van der Waals surface area contributed by atoms with Gasteiger partial charge in [-0.05, 0) is 31.6 Å². The molecule has 2 aliphatic rings. The maximum atomic E-state index is 12.6. The van der Waals surface area contributed by atoms with Crippen molar-refractivity contribution in [1.29, 1.82) is 0 Å². The molecule has 4 heteroatoms. The molecule has 0 heterocycles. The van der Waals surface area contributed by atoms with Gasteiger partial charge in [-0.1, -0.05) is 44.8 Å². The molecule has 2 unspecified atom stereocenters. The zero-order chi connectivity index (χ0) is 13.2. The summed E-state index contributed by atoms with van der Waals surface area (Å²) in [5.41, 5.74) is 5.32. The largest absolute Gasteiger partial charge is 0.392 e. The first-order valence-corrected chi connectivity index (χ1v) is 7.58. The lowest BCUT2D eigenvalue weighted by molar-refractivity contribution is -0.129. The summed E-state index contributed by atoms with van der Waals surface area (Å²) in [6, 6.07) is 0.325. The third-order valence-electron chi connectivity index (χ3n) is 4.79. The summed E-state index contributed by atoms with van der Waals surface area (Å²) in [4.78, 5) is 13.0. The molecule has 0 radical (unpaired) electrons. The molecule has 1 amide bonds. The third kappa shape index (κ3) is 2.53. The molecule has 2 rings (SSSR count). The van der Waals surface area contributed by atoms with Crippen LogP contribution in [-0.2, 0) is 4.79 Å². The molecule has 3 N–H and O–H groups in total. The van der Waals surface area contributed by atoms with Crippen molar-refractivity contribution in [3.05, 3.63) is 0 Å². The van der Waals surface area contributed by atoms with Gasteiger partial charge in [0, 0.05) is 6.04 Å². The van der Waals surface area contributed by atoms with Crippen molar-refractivity contribution in [3.63, 3.8) is 0 Å². The van der Waals surface area contributed by atoms with Crippen molar-refractivity contribution in [2.45, 2.75) is 64.3 Å². The highest BCUT2D eigenvalue weighted by Crippen LogP contribution is 2.37. The zero-order valence-electron chi connectivity index (χ0n) is 11.2. The molecule has 2 atom stereocenters. The lowest BCUT2D eigenvalue weighted by atomic mass is 9.73. The molecule has 0 aromatic rings. The fraction of sp³-hybridized carbons (Fsp3) is 0.857. The number of nitrogens with one attached hydrogen (secondary N) is 1. The van der Waals surface area contributed by atoms with Crippen LogP contribution in [0.25, 0.3) is 0 Å². The molecule has 102 valence electrons. The molecule has 2 saturated carbocycles. The average molecular weight is 268 g/mol. The van der Waals surface area contributed by atoms with Crippen molar-refractivity contribution in [2.24, 2.45) is 17.1 Å². The monoisotopic (exact) mass is 268 g/mol. The van der Waals surface area contributed by atoms with Gasteiger partial charge in [-0.3, -0.25) is 4.79 Å². The summed E-state index contributed by atoms with van der Waals surface area (Å²) < 4.78 is 0. The number of thiocarbonyl (C=S) groups is 1. The number of hydrogen-bond donors (Lipinski definition) is 2. The Labute approximate surface area is 115 Å². The first-order chi connectivity index (χ1) is 8.56. The Morgan fingerprint density at radius 3 is 2.39 bits per heavy atom. The molecule has 2 fully saturated rings. The molecule has 0 spiro atoms. The van der Waals surface area contributed by atoms with Crippen LogP contribution in [0.5, 0.6) is 0 Å². The highest BCUT2D eigenvalue weighted by Gasteiger charge is 2.43. The predicted octanol–water partition coefficient (Wildman–Crippen LogP) is 2.53. The van der Waals surface area contributed by atoms with Crippen LogP contribution in [0.1, 0.15) is 58.3 Å². The minimum Gasteiger partial charge on any atom is -0.392 e. The summed E-state index contributed by atoms with van der Waals surface area (Å²) in [5.74, 6) is 0.675. The van der Waals surface area contributed by atoms with Gasteiger partial charge in [-0.2, -0.15) is 0 Å². The standard InChI is InChI=1S/C14H24N2OS/c1-10-6-5-7-11(10)16-13(17)14(12(15)18)8-3-2-4-9-14/h10-11H,2-9H2,1H3,(H2,15,18)(H,16,17). The lowest BCUT2D eigenvalue weighted by Gasteiger charge is -2.36. The van der Waals surface area contributed by atoms with Crippen LogP contribution < -0.4 is 11.1 Å². The second-order valence-corrected chi connectivity index (χ2v) is 6.43. The predicted molar refractivity (Wildman–Crippen MR) is 77.2 cm³/mol. The van der Waals surface area contributed by atoms with E-state index < -0.39 is 5.41 Å². The fourth-order valence-electron chi connectivity index (χ4n) is 3.41. The highest BCUT2D eigenvalue weighted by molar-refractivity contribution is 7.80. The molecule has 3 nitrogen and oxygen atoms in total. The SMILES string of the molecule is CC1CCCC1NC(=O)C1(C(N)=S)CCCCC1. The van der Waals surface area contributed by atoms with Crippen LogP contribution in [0, 0.1) is 11.3 Å². The normalized spacial score (nSPS) is 30.9. The van der Waals surface area contributed by atoms with Crippen molar-refractivity contribution >= 4 is 23.1 Å². The number of nitrogens with two attached hydrogens (primary N) is 1. The molecule has 2 aliphatic carbocycles. The van der Waals surface area contributed by atoms with Crippen LogP contribution in [-0.4, -0.2) is 16.9 Å². The Bertz CT molecular complexity index is 337. The summed E-state index contributed by atoms with van der Waals surface area (Å²) in [6.45, 7) is 2.21. The Morgan fingerprint density at radius 2 is 1.89 bits per heavy atom. The average Bonchev–Trinajstić information content (AvgIpc) is 2.75. The molecule has 18 heavy (non-hydrogen) atoms. The smallest absolute Gasteiger partial charge is 0.233 e. The van der Waals surface area contributed by atoms with E-state index in [1.165, 1.54) is 19.3 Å². The van der Waals surface area contributed by atoms with Crippen molar-refractivity contribution < 1.29 is 4.79 Å². The first-order valence-electron chi connectivity index (χ1n) is 7.17. The number of carbonyl (C=O) groups is 1. The van der Waals surface area contributed by atoms with E-state index >= 15 is 0 Å². The Balaban J connectivity index is 2.06. The Kier molecular flexibility index (Phi) is 4.25. The van der Waals surface area contributed by atoms with E-state index in [1.807, 2.05) is 0 Å². The van der Waals surface area contributed by atoms with Crippen molar-refractivity contribution in [3.8, 4) is 0 Å². The lowest BCUT2D eigenvalue weighted by Crippen LogP contribution is -2.52. The molecule has 0 saturated heterocycles. The number of amides is 1. The van der Waals surface area contributed by atoms with Gasteiger partial charge in [0.05, 0.1) is 10.4 Å². The minimum absolute atomic E-state index is 0.0912. The van der Waals surface area contributed by atoms with Gasteiger partial charge in [0.15, 0.2) is 0 Å². The van der Waals surface area contributed by atoms with Crippen LogP contribution in [0.3, 0.4) is 0 Å². The molecule has 0 aromatic carbocycles. The number of hydrogen-bond acceptors (Lipinski definition) is 2. The van der Waals surface area contributed by atoms with E-state index in [4.69, 9.17) is 18.0 Å². The summed E-state index contributed by atoms with van der Waals surface area (Å²) >= 11 is 5.19. The van der Waals surface area contributed by atoms with Crippen LogP contribution in [0.2, 0.25) is 0 Å². The highest BCUT2D eigenvalue weighted by atomic mass is 32.1. The summed E-state index contributed by atoms with van der Waals surface area (Å²) in [6.07, 6.45) is 8.50. The number of rotatable bonds is 3. The van der Waals surface area contributed by atoms with E-state index in [9.17, 15) is 4.79 Å². The maximum Gasteiger partial charge on any atom is 0.233 e. The van der Waals surface area contributed by atoms with Gasteiger partial charge in [0.1, 0.15) is 0 Å². The molecule has 0 bridgehead atoms. The summed E-state index contributed by atoms with van der Waals surface area (Å²) in [5, 5.41) is 3.21. The third-order valence-corrected chi connectivity index (χ3v) is 5.18. The van der Waals surface area contributed by atoms with Gasteiger partial charge in [-0.15, -0.1) is 0 Å². The minimum atomic E-state index is -0.560. The van der Waals surface area contributed by atoms with E-state index in [1.54, 1.807) is 0 Å². The second-order valence-electron chi connectivity index (χ2n) is 6.00. The van der Waals surface area contributed by atoms with Gasteiger partial charge in [0.2, 0.25) is 5.91 Å². The maximum absolute atomic E-state index is 12.6. The second kappa shape index (κ2) is 5.55. The van der Waals surface area contributed by atoms with Crippen molar-refractivity contribution in [2.75, 3.05) is 0 Å². The Hall–Kier alpha value is -0.640. The molecule has 0 aliphatic heterocycles. The van der Waals surface area contributed by atoms with E-state index in [0.717, 1.165) is 32.1 Å². The van der Waals surface area contributed by atoms with E-state index in [2.05, 4.69) is 12.2 Å². The fourth-order valence-corrected chi connectivity index (χ4v) is 3.70. The Morgan fingerprint density at radius 1 is 1.22 bits per heavy atom. The topological polar surface area (TPSA) is 55.1 Å². The number of carbonyl (C=O) groups excluding carboxylic acids is 1. The van der Waals surface area contributed by atoms with Crippen LogP contribution in [0.4, 0.5) is 0 Å². The van der Waals surface area contributed by atoms with Crippen LogP contribution in [0.15, 0.2) is 0 Å². The van der Waals surface area contributed by atoms with Gasteiger partial charge in [0.25, 0.3) is 0 Å².